The minimum atomic E-state index is -3.41. The van der Waals surface area contributed by atoms with Crippen molar-refractivity contribution in [2.24, 2.45) is 0 Å². The van der Waals surface area contributed by atoms with Crippen LogP contribution in [0.2, 0.25) is 0 Å². The SMILES string of the molecule is CCN(CC)P1(=O)c2cc(-c3cccc(-c4cncc(C)c4)c3)ccc2N2c3ccc(-c4cccc(-c5cncc(C)c5)c4)cc3P(C)(=O)c3cc(C)cc1c32. The second-order valence-corrected chi connectivity index (χ2v) is 20.7. The molecule has 278 valence electrons. The molecule has 56 heavy (non-hydrogen) atoms. The Hall–Kier alpha value is -5.38. The van der Waals surface area contributed by atoms with Gasteiger partial charge in [0.25, 0.3) is 0 Å². The predicted octanol–water partition coefficient (Wildman–Crippen LogP) is 10.7. The fourth-order valence-corrected chi connectivity index (χ4v) is 14.4. The molecule has 8 heteroatoms. The lowest BCUT2D eigenvalue weighted by atomic mass is 9.98. The second kappa shape index (κ2) is 13.7. The monoisotopic (exact) mass is 770 g/mol. The molecule has 4 heterocycles. The van der Waals surface area contributed by atoms with E-state index in [1.807, 2.05) is 38.4 Å². The van der Waals surface area contributed by atoms with Gasteiger partial charge in [0.1, 0.15) is 7.14 Å². The van der Waals surface area contributed by atoms with Gasteiger partial charge in [-0.2, -0.15) is 0 Å². The highest BCUT2D eigenvalue weighted by Gasteiger charge is 2.49. The first-order valence-electron chi connectivity index (χ1n) is 19.2. The zero-order valence-corrected chi connectivity index (χ0v) is 34.4. The van der Waals surface area contributed by atoms with Crippen molar-refractivity contribution in [2.45, 2.75) is 34.6 Å². The van der Waals surface area contributed by atoms with Crippen molar-refractivity contribution in [1.82, 2.24) is 14.6 Å². The van der Waals surface area contributed by atoms with Crippen molar-refractivity contribution in [3.63, 3.8) is 0 Å². The molecule has 0 bridgehead atoms. The number of hydrogen-bond donors (Lipinski definition) is 0. The summed E-state index contributed by atoms with van der Waals surface area (Å²) in [4.78, 5) is 11.1. The molecule has 2 aromatic heterocycles. The van der Waals surface area contributed by atoms with Crippen molar-refractivity contribution in [2.75, 3.05) is 24.7 Å². The summed E-state index contributed by atoms with van der Waals surface area (Å²) in [6, 6.07) is 38.1. The lowest BCUT2D eigenvalue weighted by Gasteiger charge is -2.46. The van der Waals surface area contributed by atoms with Crippen LogP contribution < -0.4 is 26.1 Å². The smallest absolute Gasteiger partial charge is 0.211 e. The minimum Gasteiger partial charge on any atom is -0.314 e. The molecule has 0 fully saturated rings. The van der Waals surface area contributed by atoms with Gasteiger partial charge in [0.2, 0.25) is 7.29 Å². The summed E-state index contributed by atoms with van der Waals surface area (Å²) in [5.74, 6) is 0. The first kappa shape index (κ1) is 36.3. The van der Waals surface area contributed by atoms with E-state index in [0.717, 1.165) is 99.5 Å². The maximum atomic E-state index is 16.3. The van der Waals surface area contributed by atoms with Crippen molar-refractivity contribution in [3.8, 4) is 44.5 Å². The van der Waals surface area contributed by atoms with Crippen LogP contribution in [-0.2, 0) is 9.13 Å². The number of anilines is 3. The van der Waals surface area contributed by atoms with Crippen LogP contribution in [0.5, 0.6) is 0 Å². The third kappa shape index (κ3) is 5.74. The van der Waals surface area contributed by atoms with Gasteiger partial charge < -0.3 is 9.46 Å². The Bertz CT molecular complexity index is 2830. The predicted molar refractivity (Wildman–Crippen MR) is 235 cm³/mol. The number of hydrogen-bond acceptors (Lipinski definition) is 5. The number of nitrogens with zero attached hydrogens (tertiary/aromatic N) is 4. The summed E-state index contributed by atoms with van der Waals surface area (Å²) >= 11 is 0. The van der Waals surface area contributed by atoms with Gasteiger partial charge in [-0.15, -0.1) is 0 Å². The van der Waals surface area contributed by atoms with Gasteiger partial charge >= 0.3 is 0 Å². The number of pyridine rings is 2. The van der Waals surface area contributed by atoms with E-state index in [0.29, 0.717) is 13.1 Å². The molecule has 0 N–H and O–H groups in total. The molecule has 2 aliphatic heterocycles. The summed E-state index contributed by atoms with van der Waals surface area (Å²) in [5, 5.41) is 3.12. The largest absolute Gasteiger partial charge is 0.314 e. The molecule has 0 spiro atoms. The second-order valence-electron chi connectivity index (χ2n) is 15.2. The van der Waals surface area contributed by atoms with Gasteiger partial charge in [-0.1, -0.05) is 62.4 Å². The number of benzene rings is 5. The van der Waals surface area contributed by atoms with E-state index < -0.39 is 14.4 Å². The topological polar surface area (TPSA) is 66.4 Å². The summed E-state index contributed by atoms with van der Waals surface area (Å²) in [7, 11) is -6.58. The fraction of sp³-hybridized carbons (Fsp3) is 0.167. The Kier molecular flexibility index (Phi) is 8.86. The van der Waals surface area contributed by atoms with Gasteiger partial charge in [0.05, 0.1) is 27.7 Å². The van der Waals surface area contributed by atoms with Crippen LogP contribution in [0.15, 0.2) is 134 Å². The average Bonchev–Trinajstić information content (AvgIpc) is 3.21. The Balaban J connectivity index is 1.25. The molecule has 2 unspecified atom stereocenters. The van der Waals surface area contributed by atoms with E-state index in [1.165, 1.54) is 0 Å². The summed E-state index contributed by atoms with van der Waals surface area (Å²) < 4.78 is 33.9. The molecule has 2 atom stereocenters. The molecule has 0 saturated carbocycles. The van der Waals surface area contributed by atoms with E-state index in [9.17, 15) is 0 Å². The van der Waals surface area contributed by atoms with Crippen LogP contribution in [-0.4, -0.2) is 34.4 Å². The van der Waals surface area contributed by atoms with Crippen LogP contribution in [0.1, 0.15) is 30.5 Å². The fourth-order valence-electron chi connectivity index (χ4n) is 8.63. The molecule has 7 aromatic rings. The van der Waals surface area contributed by atoms with Gasteiger partial charge in [-0.05, 0) is 138 Å². The molecule has 0 amide bonds. The first-order valence-corrected chi connectivity index (χ1v) is 23.1. The third-order valence-corrected chi connectivity index (χ3v) is 17.3. The Labute approximate surface area is 329 Å². The lowest BCUT2D eigenvalue weighted by Crippen LogP contribution is -2.46. The van der Waals surface area contributed by atoms with Crippen LogP contribution in [0.3, 0.4) is 0 Å². The van der Waals surface area contributed by atoms with Gasteiger partial charge in [-0.3, -0.25) is 14.5 Å². The number of aromatic nitrogens is 2. The zero-order valence-electron chi connectivity index (χ0n) is 32.6. The zero-order chi connectivity index (χ0) is 38.9. The molecule has 0 radical (unpaired) electrons. The van der Waals surface area contributed by atoms with Gasteiger partial charge in [0, 0.05) is 59.6 Å². The van der Waals surface area contributed by atoms with Gasteiger partial charge in [0.15, 0.2) is 0 Å². The maximum Gasteiger partial charge on any atom is 0.211 e. The van der Waals surface area contributed by atoms with E-state index in [4.69, 9.17) is 0 Å². The van der Waals surface area contributed by atoms with Crippen LogP contribution in [0, 0.1) is 20.8 Å². The first-order chi connectivity index (χ1) is 27.0. The molecule has 0 saturated heterocycles. The molecule has 2 aliphatic rings. The molecule has 6 nitrogen and oxygen atoms in total. The quantitative estimate of drug-likeness (QED) is 0.150. The van der Waals surface area contributed by atoms with Crippen molar-refractivity contribution >= 4 is 52.7 Å². The standard InChI is InChI=1S/C48H44N4O2P2/c1-7-51(8-2)56(54)45-26-39(35-12-10-14-37(24-35)41-20-33(5)28-50-30-41)16-18-43(45)52-42-17-15-38(34-11-9-13-36(23-34)40-19-32(4)27-49-29-40)25-44(42)55(6,53)46-21-31(3)22-47(56)48(46)52/h9-30H,7-8H2,1-6H3. The number of fused-ring (bicyclic) bond motifs is 4. The van der Waals surface area contributed by atoms with E-state index in [-0.39, 0.29) is 0 Å². The Morgan fingerprint density at radius 1 is 0.500 bits per heavy atom. The average molecular weight is 771 g/mol. The van der Waals surface area contributed by atoms with Crippen LogP contribution >= 0.6 is 14.4 Å². The highest BCUT2D eigenvalue weighted by Crippen LogP contribution is 2.62. The minimum absolute atomic E-state index is 0.609. The van der Waals surface area contributed by atoms with Crippen molar-refractivity contribution in [1.29, 1.82) is 0 Å². The lowest BCUT2D eigenvalue weighted by molar-refractivity contribution is 0.458. The van der Waals surface area contributed by atoms with Crippen molar-refractivity contribution < 1.29 is 9.13 Å². The van der Waals surface area contributed by atoms with E-state index in [2.05, 4.69) is 156 Å². The van der Waals surface area contributed by atoms with Crippen LogP contribution in [0.4, 0.5) is 17.1 Å². The molecular weight excluding hydrogens is 727 g/mol. The highest BCUT2D eigenvalue weighted by atomic mass is 31.2. The maximum absolute atomic E-state index is 16.3. The number of rotatable bonds is 7. The number of aryl methyl sites for hydroxylation is 3. The summed E-state index contributed by atoms with van der Waals surface area (Å²) in [6.07, 6.45) is 7.52. The van der Waals surface area contributed by atoms with Crippen molar-refractivity contribution in [3.05, 3.63) is 151 Å². The Morgan fingerprint density at radius 3 is 1.48 bits per heavy atom. The van der Waals surface area contributed by atoms with E-state index >= 15 is 9.13 Å². The molecular formula is C48H44N4O2P2. The normalized spacial score (nSPS) is 18.0. The van der Waals surface area contributed by atoms with Gasteiger partial charge in [-0.25, -0.2) is 4.67 Å². The molecule has 5 aromatic carbocycles. The van der Waals surface area contributed by atoms with Crippen LogP contribution in [0.25, 0.3) is 44.5 Å². The van der Waals surface area contributed by atoms with E-state index in [1.54, 1.807) is 0 Å². The third-order valence-electron chi connectivity index (χ3n) is 11.4. The molecule has 0 aliphatic carbocycles. The summed E-state index contributed by atoms with van der Waals surface area (Å²) in [6.45, 7) is 13.4. The Morgan fingerprint density at radius 2 is 0.964 bits per heavy atom. The molecule has 9 rings (SSSR count). The highest BCUT2D eigenvalue weighted by molar-refractivity contribution is 7.80. The summed E-state index contributed by atoms with van der Waals surface area (Å²) in [5.41, 5.74) is 14.0.